The van der Waals surface area contributed by atoms with Crippen LogP contribution in [0.2, 0.25) is 0 Å². The molecule has 1 fully saturated rings. The van der Waals surface area contributed by atoms with Gasteiger partial charge in [-0.1, -0.05) is 51.9 Å². The SMILES string of the molecule is CC(C(=O)O)C1(N)CCCCCCCCC1. The van der Waals surface area contributed by atoms with Crippen LogP contribution >= 0.6 is 0 Å². The lowest BCUT2D eigenvalue weighted by atomic mass is 9.77. The van der Waals surface area contributed by atoms with Gasteiger partial charge in [-0.25, -0.2) is 0 Å². The maximum absolute atomic E-state index is 11.1. The lowest BCUT2D eigenvalue weighted by Crippen LogP contribution is -2.49. The maximum Gasteiger partial charge on any atom is 0.308 e. The van der Waals surface area contributed by atoms with E-state index in [1.807, 2.05) is 0 Å². The third-order valence-corrected chi connectivity index (χ3v) is 4.02. The molecule has 0 radical (unpaired) electrons. The molecule has 0 aromatic heterocycles. The molecule has 1 aliphatic carbocycles. The molecule has 1 atom stereocenters. The number of aliphatic carboxylic acids is 1. The van der Waals surface area contributed by atoms with Crippen molar-refractivity contribution in [2.24, 2.45) is 11.7 Å². The Morgan fingerprint density at radius 1 is 1.06 bits per heavy atom. The van der Waals surface area contributed by atoms with Gasteiger partial charge in [-0.2, -0.15) is 0 Å². The van der Waals surface area contributed by atoms with Crippen molar-refractivity contribution < 1.29 is 9.90 Å². The van der Waals surface area contributed by atoms with Gasteiger partial charge in [-0.15, -0.1) is 0 Å². The molecule has 1 aliphatic rings. The molecule has 1 saturated carbocycles. The monoisotopic (exact) mass is 227 g/mol. The number of nitrogens with two attached hydrogens (primary N) is 1. The van der Waals surface area contributed by atoms with Crippen LogP contribution in [0.25, 0.3) is 0 Å². The normalized spacial score (nSPS) is 24.6. The van der Waals surface area contributed by atoms with Crippen molar-refractivity contribution in [3.8, 4) is 0 Å². The first-order chi connectivity index (χ1) is 7.56. The molecular weight excluding hydrogens is 202 g/mol. The summed E-state index contributed by atoms with van der Waals surface area (Å²) in [6.45, 7) is 1.76. The van der Waals surface area contributed by atoms with Crippen LogP contribution in [0.3, 0.4) is 0 Å². The number of rotatable bonds is 2. The second-order valence-electron chi connectivity index (χ2n) is 5.27. The Hall–Kier alpha value is -0.570. The van der Waals surface area contributed by atoms with Crippen molar-refractivity contribution in [1.82, 2.24) is 0 Å². The molecular formula is C13H25NO2. The van der Waals surface area contributed by atoms with Gasteiger partial charge >= 0.3 is 5.97 Å². The Balaban J connectivity index is 2.60. The molecule has 0 amide bonds. The zero-order valence-electron chi connectivity index (χ0n) is 10.4. The Labute approximate surface area is 98.4 Å². The van der Waals surface area contributed by atoms with Crippen molar-refractivity contribution in [3.63, 3.8) is 0 Å². The summed E-state index contributed by atoms with van der Waals surface area (Å²) in [6.07, 6.45) is 10.2. The molecule has 0 heterocycles. The molecule has 0 aromatic rings. The minimum atomic E-state index is -0.750. The van der Waals surface area contributed by atoms with Crippen LogP contribution in [0.4, 0.5) is 0 Å². The first-order valence-corrected chi connectivity index (χ1v) is 6.58. The van der Waals surface area contributed by atoms with E-state index < -0.39 is 17.4 Å². The standard InChI is InChI=1S/C13H25NO2/c1-11(12(15)16)13(14)9-7-5-3-2-4-6-8-10-13/h11H,2-10,14H2,1H3,(H,15,16). The largest absolute Gasteiger partial charge is 0.481 e. The lowest BCUT2D eigenvalue weighted by Gasteiger charge is -2.34. The van der Waals surface area contributed by atoms with Crippen LogP contribution in [0.15, 0.2) is 0 Å². The number of carbonyl (C=O) groups is 1. The molecule has 94 valence electrons. The van der Waals surface area contributed by atoms with Crippen molar-refractivity contribution in [2.45, 2.75) is 70.3 Å². The molecule has 16 heavy (non-hydrogen) atoms. The van der Waals surface area contributed by atoms with E-state index in [0.29, 0.717) is 0 Å². The molecule has 1 rings (SSSR count). The Kier molecular flexibility index (Phi) is 5.26. The summed E-state index contributed by atoms with van der Waals surface area (Å²) in [5, 5.41) is 9.11. The smallest absolute Gasteiger partial charge is 0.308 e. The minimum absolute atomic E-state index is 0.424. The van der Waals surface area contributed by atoms with Crippen LogP contribution in [-0.2, 0) is 4.79 Å². The molecule has 0 bridgehead atoms. The van der Waals surface area contributed by atoms with Gasteiger partial charge in [0.05, 0.1) is 5.92 Å². The van der Waals surface area contributed by atoms with Gasteiger partial charge < -0.3 is 10.8 Å². The topological polar surface area (TPSA) is 63.3 Å². The van der Waals surface area contributed by atoms with Crippen LogP contribution < -0.4 is 5.73 Å². The molecule has 0 saturated heterocycles. The maximum atomic E-state index is 11.1. The number of hydrogen-bond acceptors (Lipinski definition) is 2. The van der Waals surface area contributed by atoms with Gasteiger partial charge in [-0.3, -0.25) is 4.79 Å². The Morgan fingerprint density at radius 3 is 1.81 bits per heavy atom. The van der Waals surface area contributed by atoms with Crippen LogP contribution in [0, 0.1) is 5.92 Å². The molecule has 1 unspecified atom stereocenters. The summed E-state index contributed by atoms with van der Waals surface area (Å²) in [5.74, 6) is -1.17. The summed E-state index contributed by atoms with van der Waals surface area (Å²) in [5.41, 5.74) is 5.83. The Bertz CT molecular complexity index is 218. The predicted octanol–water partition coefficient (Wildman–Crippen LogP) is 2.93. The van der Waals surface area contributed by atoms with E-state index in [1.165, 1.54) is 32.1 Å². The van der Waals surface area contributed by atoms with Gasteiger partial charge in [0.1, 0.15) is 0 Å². The van der Waals surface area contributed by atoms with E-state index in [4.69, 9.17) is 10.8 Å². The van der Waals surface area contributed by atoms with Gasteiger partial charge in [-0.05, 0) is 12.8 Å². The second kappa shape index (κ2) is 6.24. The van der Waals surface area contributed by atoms with E-state index in [1.54, 1.807) is 6.92 Å². The molecule has 0 aromatic carbocycles. The highest BCUT2D eigenvalue weighted by Gasteiger charge is 2.35. The van der Waals surface area contributed by atoms with Gasteiger partial charge in [0.15, 0.2) is 0 Å². The third-order valence-electron chi connectivity index (χ3n) is 4.02. The van der Waals surface area contributed by atoms with E-state index in [0.717, 1.165) is 25.7 Å². The van der Waals surface area contributed by atoms with Crippen LogP contribution in [0.1, 0.15) is 64.7 Å². The highest BCUT2D eigenvalue weighted by atomic mass is 16.4. The Morgan fingerprint density at radius 2 is 1.44 bits per heavy atom. The van der Waals surface area contributed by atoms with E-state index in [2.05, 4.69) is 0 Å². The predicted molar refractivity (Wildman–Crippen MR) is 65.3 cm³/mol. The fourth-order valence-corrected chi connectivity index (χ4v) is 2.60. The van der Waals surface area contributed by atoms with E-state index in [-0.39, 0.29) is 0 Å². The second-order valence-corrected chi connectivity index (χ2v) is 5.27. The van der Waals surface area contributed by atoms with E-state index >= 15 is 0 Å². The van der Waals surface area contributed by atoms with E-state index in [9.17, 15) is 4.79 Å². The average molecular weight is 227 g/mol. The van der Waals surface area contributed by atoms with Crippen LogP contribution in [0.5, 0.6) is 0 Å². The van der Waals surface area contributed by atoms with Crippen molar-refractivity contribution in [1.29, 1.82) is 0 Å². The zero-order chi connectivity index (χ0) is 12.0. The molecule has 0 aliphatic heterocycles. The average Bonchev–Trinajstić information content (AvgIpc) is 2.26. The number of carboxylic acids is 1. The van der Waals surface area contributed by atoms with Gasteiger partial charge in [0.25, 0.3) is 0 Å². The first kappa shape index (κ1) is 13.5. The van der Waals surface area contributed by atoms with Crippen molar-refractivity contribution >= 4 is 5.97 Å². The zero-order valence-corrected chi connectivity index (χ0v) is 10.4. The quantitative estimate of drug-likeness (QED) is 0.762. The fraction of sp³-hybridized carbons (Fsp3) is 0.923. The number of hydrogen-bond donors (Lipinski definition) is 2. The van der Waals surface area contributed by atoms with Crippen molar-refractivity contribution in [2.75, 3.05) is 0 Å². The van der Waals surface area contributed by atoms with Crippen molar-refractivity contribution in [3.05, 3.63) is 0 Å². The molecule has 3 N–H and O–H groups in total. The number of carboxylic acid groups (broad SMARTS) is 1. The molecule has 3 nitrogen and oxygen atoms in total. The summed E-state index contributed by atoms with van der Waals surface area (Å²) >= 11 is 0. The molecule has 0 spiro atoms. The first-order valence-electron chi connectivity index (χ1n) is 6.58. The summed E-state index contributed by atoms with van der Waals surface area (Å²) < 4.78 is 0. The third kappa shape index (κ3) is 3.78. The lowest BCUT2D eigenvalue weighted by molar-refractivity contribution is -0.143. The highest BCUT2D eigenvalue weighted by molar-refractivity contribution is 5.71. The fourth-order valence-electron chi connectivity index (χ4n) is 2.60. The molecule has 3 heteroatoms. The summed E-state index contributed by atoms with van der Waals surface area (Å²) in [4.78, 5) is 11.1. The minimum Gasteiger partial charge on any atom is -0.481 e. The van der Waals surface area contributed by atoms with Crippen LogP contribution in [-0.4, -0.2) is 16.6 Å². The highest BCUT2D eigenvalue weighted by Crippen LogP contribution is 2.29. The summed E-state index contributed by atoms with van der Waals surface area (Å²) in [6, 6.07) is 0. The summed E-state index contributed by atoms with van der Waals surface area (Å²) in [7, 11) is 0. The van der Waals surface area contributed by atoms with Gasteiger partial charge in [0, 0.05) is 5.54 Å². The van der Waals surface area contributed by atoms with Gasteiger partial charge in [0.2, 0.25) is 0 Å².